The highest BCUT2D eigenvalue weighted by Crippen LogP contribution is 2.32. The lowest BCUT2D eigenvalue weighted by Crippen LogP contribution is -2.19. The van der Waals surface area contributed by atoms with Crippen molar-refractivity contribution in [2.75, 3.05) is 7.05 Å². The fourth-order valence-corrected chi connectivity index (χ4v) is 2.17. The lowest BCUT2D eigenvalue weighted by molar-refractivity contribution is 0.238. The summed E-state index contributed by atoms with van der Waals surface area (Å²) in [7, 11) is 1.88. The molecule has 0 spiro atoms. The predicted octanol–water partition coefficient (Wildman–Crippen LogP) is 4.03. The molecule has 0 fully saturated rings. The molecule has 1 heterocycles. The molecular formula is C15H18ClNO2. The summed E-state index contributed by atoms with van der Waals surface area (Å²) in [6, 6.07) is 11.5. The maximum atomic E-state index is 5.85. The summed E-state index contributed by atoms with van der Waals surface area (Å²) in [5, 5.41) is 3.62. The summed E-state index contributed by atoms with van der Waals surface area (Å²) >= 11 is 5.85. The van der Waals surface area contributed by atoms with Crippen LogP contribution in [0.15, 0.2) is 40.8 Å². The maximum Gasteiger partial charge on any atom is 0.193 e. The van der Waals surface area contributed by atoms with E-state index in [0.29, 0.717) is 5.22 Å². The first-order valence-electron chi connectivity index (χ1n) is 6.30. The number of nitrogens with one attached hydrogen (secondary N) is 1. The van der Waals surface area contributed by atoms with Crippen molar-refractivity contribution in [3.05, 3.63) is 52.9 Å². The molecule has 2 aromatic rings. The van der Waals surface area contributed by atoms with E-state index in [-0.39, 0.29) is 12.1 Å². The molecule has 19 heavy (non-hydrogen) atoms. The van der Waals surface area contributed by atoms with Crippen molar-refractivity contribution in [2.24, 2.45) is 0 Å². The summed E-state index contributed by atoms with van der Waals surface area (Å²) in [4.78, 5) is 0. The average Bonchev–Trinajstić information content (AvgIpc) is 2.78. The van der Waals surface area contributed by atoms with Gasteiger partial charge < -0.3 is 14.5 Å². The minimum Gasteiger partial charge on any atom is -0.491 e. The van der Waals surface area contributed by atoms with Crippen molar-refractivity contribution in [1.29, 1.82) is 0 Å². The molecule has 0 amide bonds. The molecule has 0 bridgehead atoms. The second kappa shape index (κ2) is 6.13. The number of hydrogen-bond donors (Lipinski definition) is 1. The molecule has 0 saturated heterocycles. The van der Waals surface area contributed by atoms with Gasteiger partial charge in [-0.15, -0.1) is 0 Å². The molecule has 1 aromatic heterocycles. The van der Waals surface area contributed by atoms with Crippen LogP contribution >= 0.6 is 11.6 Å². The molecular weight excluding hydrogens is 262 g/mol. The summed E-state index contributed by atoms with van der Waals surface area (Å²) in [6.45, 7) is 4.02. The molecule has 0 radical (unpaired) electrons. The van der Waals surface area contributed by atoms with E-state index < -0.39 is 0 Å². The summed E-state index contributed by atoms with van der Waals surface area (Å²) in [5.74, 6) is 1.62. The number of hydrogen-bond acceptors (Lipinski definition) is 3. The molecule has 102 valence electrons. The van der Waals surface area contributed by atoms with Crippen molar-refractivity contribution >= 4 is 11.6 Å². The van der Waals surface area contributed by atoms with Crippen molar-refractivity contribution in [3.8, 4) is 5.75 Å². The van der Waals surface area contributed by atoms with E-state index in [1.54, 1.807) is 6.07 Å². The van der Waals surface area contributed by atoms with Crippen molar-refractivity contribution in [3.63, 3.8) is 0 Å². The number of halogens is 1. The molecule has 3 nitrogen and oxygen atoms in total. The second-order valence-electron chi connectivity index (χ2n) is 4.57. The fourth-order valence-electron chi connectivity index (χ4n) is 2.01. The Bertz CT molecular complexity index is 536. The third kappa shape index (κ3) is 3.31. The van der Waals surface area contributed by atoms with Gasteiger partial charge >= 0.3 is 0 Å². The van der Waals surface area contributed by atoms with E-state index in [0.717, 1.165) is 17.1 Å². The normalized spacial score (nSPS) is 12.7. The molecule has 0 aliphatic rings. The molecule has 1 N–H and O–H groups in total. The molecule has 1 atom stereocenters. The monoisotopic (exact) mass is 279 g/mol. The van der Waals surface area contributed by atoms with Gasteiger partial charge in [-0.05, 0) is 50.7 Å². The lowest BCUT2D eigenvalue weighted by atomic mass is 10.0. The molecule has 0 saturated carbocycles. The van der Waals surface area contributed by atoms with Crippen LogP contribution < -0.4 is 10.1 Å². The maximum absolute atomic E-state index is 5.85. The Labute approximate surface area is 118 Å². The van der Waals surface area contributed by atoms with Gasteiger partial charge in [0.25, 0.3) is 0 Å². The quantitative estimate of drug-likeness (QED) is 0.897. The standard InChI is InChI=1S/C15H18ClNO2/c1-10(2)18-12-7-5-4-6-11(12)15(17-3)13-8-9-14(16)19-13/h4-10,15,17H,1-3H3. The van der Waals surface area contributed by atoms with E-state index in [4.69, 9.17) is 20.8 Å². The number of benzene rings is 1. The van der Waals surface area contributed by atoms with Crippen LogP contribution in [0.4, 0.5) is 0 Å². The summed E-state index contributed by atoms with van der Waals surface area (Å²) < 4.78 is 11.3. The van der Waals surface area contributed by atoms with Crippen LogP contribution in [0, 0.1) is 0 Å². The van der Waals surface area contributed by atoms with Gasteiger partial charge in [-0.25, -0.2) is 0 Å². The van der Waals surface area contributed by atoms with Gasteiger partial charge in [0.15, 0.2) is 5.22 Å². The molecule has 0 aliphatic carbocycles. The Hall–Kier alpha value is -1.45. The number of furan rings is 1. The number of rotatable bonds is 5. The van der Waals surface area contributed by atoms with Gasteiger partial charge in [-0.3, -0.25) is 0 Å². The minimum atomic E-state index is -0.0811. The smallest absolute Gasteiger partial charge is 0.193 e. The highest BCUT2D eigenvalue weighted by atomic mass is 35.5. The van der Waals surface area contributed by atoms with Gasteiger partial charge in [0.2, 0.25) is 0 Å². The largest absolute Gasteiger partial charge is 0.491 e. The third-order valence-corrected chi connectivity index (χ3v) is 2.96. The Morgan fingerprint density at radius 1 is 1.16 bits per heavy atom. The van der Waals surface area contributed by atoms with Crippen LogP contribution in [0.25, 0.3) is 0 Å². The molecule has 4 heteroatoms. The number of ether oxygens (including phenoxy) is 1. The third-order valence-electron chi connectivity index (χ3n) is 2.76. The molecule has 1 aromatic carbocycles. The zero-order chi connectivity index (χ0) is 13.8. The van der Waals surface area contributed by atoms with E-state index in [1.165, 1.54) is 0 Å². The Kier molecular flexibility index (Phi) is 4.51. The SMILES string of the molecule is CNC(c1ccc(Cl)o1)c1ccccc1OC(C)C. The van der Waals surface area contributed by atoms with E-state index in [2.05, 4.69) is 5.32 Å². The van der Waals surface area contributed by atoms with Crippen LogP contribution in [0.5, 0.6) is 5.75 Å². The van der Waals surface area contributed by atoms with Crippen LogP contribution in [0.2, 0.25) is 5.22 Å². The summed E-state index contributed by atoms with van der Waals surface area (Å²) in [6.07, 6.45) is 0.124. The van der Waals surface area contributed by atoms with Crippen molar-refractivity contribution in [2.45, 2.75) is 26.0 Å². The number of para-hydroxylation sites is 1. The van der Waals surface area contributed by atoms with Crippen LogP contribution in [-0.4, -0.2) is 13.2 Å². The molecule has 0 aliphatic heterocycles. The van der Waals surface area contributed by atoms with Crippen molar-refractivity contribution < 1.29 is 9.15 Å². The Morgan fingerprint density at radius 3 is 2.47 bits per heavy atom. The first-order chi connectivity index (χ1) is 9.11. The van der Waals surface area contributed by atoms with Gasteiger partial charge in [-0.2, -0.15) is 0 Å². The molecule has 2 rings (SSSR count). The zero-order valence-corrected chi connectivity index (χ0v) is 12.1. The van der Waals surface area contributed by atoms with Gasteiger partial charge in [-0.1, -0.05) is 18.2 Å². The predicted molar refractivity (Wildman–Crippen MR) is 76.8 cm³/mol. The molecule has 1 unspecified atom stereocenters. The van der Waals surface area contributed by atoms with Crippen molar-refractivity contribution in [1.82, 2.24) is 5.32 Å². The van der Waals surface area contributed by atoms with E-state index in [9.17, 15) is 0 Å². The van der Waals surface area contributed by atoms with Crippen LogP contribution in [0.1, 0.15) is 31.2 Å². The summed E-state index contributed by atoms with van der Waals surface area (Å²) in [5.41, 5.74) is 1.03. The average molecular weight is 280 g/mol. The van der Waals surface area contributed by atoms with E-state index in [1.807, 2.05) is 51.2 Å². The van der Waals surface area contributed by atoms with E-state index >= 15 is 0 Å². The lowest BCUT2D eigenvalue weighted by Gasteiger charge is -2.19. The zero-order valence-electron chi connectivity index (χ0n) is 11.3. The van der Waals surface area contributed by atoms with Gasteiger partial charge in [0.1, 0.15) is 11.5 Å². The fraction of sp³-hybridized carbons (Fsp3) is 0.333. The second-order valence-corrected chi connectivity index (χ2v) is 4.94. The van der Waals surface area contributed by atoms with Gasteiger partial charge in [0, 0.05) is 5.56 Å². The Balaban J connectivity index is 2.38. The first-order valence-corrected chi connectivity index (χ1v) is 6.67. The van der Waals surface area contributed by atoms with Crippen LogP contribution in [-0.2, 0) is 0 Å². The highest BCUT2D eigenvalue weighted by Gasteiger charge is 2.20. The topological polar surface area (TPSA) is 34.4 Å². The van der Waals surface area contributed by atoms with Crippen LogP contribution in [0.3, 0.4) is 0 Å². The first kappa shape index (κ1) is 14.0. The van der Waals surface area contributed by atoms with Gasteiger partial charge in [0.05, 0.1) is 12.1 Å². The minimum absolute atomic E-state index is 0.0811. The Morgan fingerprint density at radius 2 is 1.89 bits per heavy atom. The highest BCUT2D eigenvalue weighted by molar-refractivity contribution is 6.28.